The highest BCUT2D eigenvalue weighted by atomic mass is 16.7. The molecule has 0 aliphatic carbocycles. The van der Waals surface area contributed by atoms with Gasteiger partial charge in [-0.05, 0) is 59.5 Å². The summed E-state index contributed by atoms with van der Waals surface area (Å²) in [4.78, 5) is 2.10. The minimum Gasteiger partial charge on any atom is -0.492 e. The second-order valence-electron chi connectivity index (χ2n) is 7.20. The topological polar surface area (TPSA) is 30.9 Å². The second-order valence-corrected chi connectivity index (χ2v) is 7.20. The molecule has 1 aliphatic rings. The number of rotatable bonds is 6. The van der Waals surface area contributed by atoms with Crippen molar-refractivity contribution in [3.8, 4) is 5.75 Å². The Morgan fingerprint density at radius 2 is 1.61 bits per heavy atom. The van der Waals surface area contributed by atoms with Crippen molar-refractivity contribution in [2.75, 3.05) is 27.2 Å². The quantitative estimate of drug-likeness (QED) is 0.754. The van der Waals surface area contributed by atoms with Crippen LogP contribution in [0.4, 0.5) is 0 Å². The van der Waals surface area contributed by atoms with Gasteiger partial charge in [-0.1, -0.05) is 24.2 Å². The Balaban J connectivity index is 1.89. The maximum atomic E-state index is 5.95. The van der Waals surface area contributed by atoms with Gasteiger partial charge < -0.3 is 18.9 Å². The van der Waals surface area contributed by atoms with Gasteiger partial charge in [-0.3, -0.25) is 0 Å². The molecule has 0 N–H and O–H groups in total. The van der Waals surface area contributed by atoms with Crippen LogP contribution >= 0.6 is 0 Å². The van der Waals surface area contributed by atoms with E-state index in [0.29, 0.717) is 6.61 Å². The van der Waals surface area contributed by atoms with Crippen LogP contribution in [0.5, 0.6) is 5.75 Å². The van der Waals surface area contributed by atoms with Crippen LogP contribution in [0.1, 0.15) is 33.3 Å². The maximum absolute atomic E-state index is 5.95. The first-order valence-electron chi connectivity index (χ1n) is 8.11. The molecule has 1 aromatic rings. The largest absolute Gasteiger partial charge is 0.492 e. The first-order chi connectivity index (χ1) is 10.7. The fourth-order valence-corrected chi connectivity index (χ4v) is 2.18. The Labute approximate surface area is 140 Å². The molecule has 1 fully saturated rings. The molecule has 0 bridgehead atoms. The molecule has 1 heterocycles. The number of hydrogen-bond donors (Lipinski definition) is 0. The number of hydrogen-bond acceptors (Lipinski definition) is 4. The second kappa shape index (κ2) is 7.08. The van der Waals surface area contributed by atoms with Crippen LogP contribution in [-0.2, 0) is 9.31 Å². The highest BCUT2D eigenvalue weighted by molar-refractivity contribution is 6.52. The van der Waals surface area contributed by atoms with Crippen molar-refractivity contribution in [1.82, 2.24) is 4.90 Å². The highest BCUT2D eigenvalue weighted by Gasteiger charge is 2.49. The summed E-state index contributed by atoms with van der Waals surface area (Å²) < 4.78 is 17.6. The molecule has 2 rings (SSSR count). The lowest BCUT2D eigenvalue weighted by Gasteiger charge is -2.32. The Kier molecular flexibility index (Phi) is 5.55. The molecule has 0 atom stereocenters. The summed E-state index contributed by atoms with van der Waals surface area (Å²) in [6.45, 7) is 9.82. The minimum absolute atomic E-state index is 0.299. The van der Waals surface area contributed by atoms with Gasteiger partial charge in [-0.2, -0.15) is 0 Å². The summed E-state index contributed by atoms with van der Waals surface area (Å²) in [5, 5.41) is 0. The number of likely N-dealkylation sites (N-methyl/N-ethyl adjacent to an activating group) is 1. The SMILES string of the molecule is CN(C)CCOc1ccc(C=CB2OC(C)(C)C(C)(C)O2)cc1. The lowest BCUT2D eigenvalue weighted by molar-refractivity contribution is 0.00578. The average Bonchev–Trinajstić information content (AvgIpc) is 2.65. The molecule has 0 amide bonds. The zero-order valence-electron chi connectivity index (χ0n) is 15.1. The third kappa shape index (κ3) is 4.84. The molecule has 0 unspecified atom stereocenters. The van der Waals surface area contributed by atoms with Gasteiger partial charge in [-0.25, -0.2) is 0 Å². The Bertz CT molecular complexity index is 522. The minimum atomic E-state index is -0.309. The van der Waals surface area contributed by atoms with E-state index in [1.165, 1.54) is 0 Å². The third-order valence-corrected chi connectivity index (χ3v) is 4.40. The Morgan fingerprint density at radius 3 is 2.13 bits per heavy atom. The molecule has 23 heavy (non-hydrogen) atoms. The lowest BCUT2D eigenvalue weighted by Crippen LogP contribution is -2.41. The van der Waals surface area contributed by atoms with Gasteiger partial charge in [0.25, 0.3) is 0 Å². The van der Waals surface area contributed by atoms with Crippen LogP contribution in [0.15, 0.2) is 30.2 Å². The zero-order chi connectivity index (χ0) is 17.1. The smallest absolute Gasteiger partial charge is 0.487 e. The van der Waals surface area contributed by atoms with Gasteiger partial charge in [0.1, 0.15) is 12.4 Å². The average molecular weight is 317 g/mol. The zero-order valence-corrected chi connectivity index (χ0v) is 15.1. The van der Waals surface area contributed by atoms with E-state index in [-0.39, 0.29) is 18.3 Å². The van der Waals surface area contributed by atoms with Crippen LogP contribution in [0.3, 0.4) is 0 Å². The summed E-state index contributed by atoms with van der Waals surface area (Å²) in [6.07, 6.45) is 2.02. The van der Waals surface area contributed by atoms with Crippen LogP contribution < -0.4 is 4.74 Å². The first kappa shape index (κ1) is 18.0. The number of ether oxygens (including phenoxy) is 1. The van der Waals surface area contributed by atoms with E-state index in [4.69, 9.17) is 14.0 Å². The van der Waals surface area contributed by atoms with E-state index in [0.717, 1.165) is 17.9 Å². The summed E-state index contributed by atoms with van der Waals surface area (Å²) in [5.74, 6) is 2.85. The van der Waals surface area contributed by atoms with Gasteiger partial charge in [-0.15, -0.1) is 0 Å². The summed E-state index contributed by atoms with van der Waals surface area (Å²) in [7, 11) is 3.76. The molecule has 1 aromatic carbocycles. The maximum Gasteiger partial charge on any atom is 0.487 e. The molecule has 0 spiro atoms. The van der Waals surface area contributed by atoms with Crippen molar-refractivity contribution in [3.63, 3.8) is 0 Å². The first-order valence-corrected chi connectivity index (χ1v) is 8.11. The molecule has 5 heteroatoms. The summed E-state index contributed by atoms with van der Waals surface area (Å²) >= 11 is 0. The highest BCUT2D eigenvalue weighted by Crippen LogP contribution is 2.37. The fraction of sp³-hybridized carbons (Fsp3) is 0.556. The molecule has 0 saturated carbocycles. The van der Waals surface area contributed by atoms with Crippen molar-refractivity contribution >= 4 is 13.2 Å². The van der Waals surface area contributed by atoms with Gasteiger partial charge in [0.2, 0.25) is 0 Å². The predicted molar refractivity (Wildman–Crippen MR) is 95.6 cm³/mol. The van der Waals surface area contributed by atoms with Crippen LogP contribution in [0, 0.1) is 0 Å². The van der Waals surface area contributed by atoms with Gasteiger partial charge in [0, 0.05) is 6.54 Å². The molecular weight excluding hydrogens is 289 g/mol. The Hall–Kier alpha value is -1.30. The van der Waals surface area contributed by atoms with Crippen molar-refractivity contribution in [1.29, 1.82) is 0 Å². The van der Waals surface area contributed by atoms with Crippen molar-refractivity contribution < 1.29 is 14.0 Å². The normalized spacial score (nSPS) is 19.7. The van der Waals surface area contributed by atoms with Crippen LogP contribution in [0.25, 0.3) is 6.08 Å². The molecule has 1 aliphatic heterocycles. The molecule has 0 aromatic heterocycles. The third-order valence-electron chi connectivity index (χ3n) is 4.40. The van der Waals surface area contributed by atoms with Crippen LogP contribution in [0.2, 0.25) is 0 Å². The molecule has 0 radical (unpaired) electrons. The van der Waals surface area contributed by atoms with Crippen molar-refractivity contribution in [3.05, 3.63) is 35.8 Å². The predicted octanol–water partition coefficient (Wildman–Crippen LogP) is 3.27. The monoisotopic (exact) mass is 317 g/mol. The van der Waals surface area contributed by atoms with Gasteiger partial charge in [0.05, 0.1) is 11.2 Å². The van der Waals surface area contributed by atoms with E-state index >= 15 is 0 Å². The van der Waals surface area contributed by atoms with E-state index in [2.05, 4.69) is 32.6 Å². The number of nitrogens with zero attached hydrogens (tertiary/aromatic N) is 1. The van der Waals surface area contributed by atoms with Crippen molar-refractivity contribution in [2.24, 2.45) is 0 Å². The standard InChI is InChI=1S/C18H28BNO3/c1-17(2)18(3,4)23-19(22-17)12-11-15-7-9-16(10-8-15)21-14-13-20(5)6/h7-12H,13-14H2,1-6H3. The lowest BCUT2D eigenvalue weighted by atomic mass is 9.89. The molecular formula is C18H28BNO3. The number of benzene rings is 1. The van der Waals surface area contributed by atoms with Crippen LogP contribution in [-0.4, -0.2) is 50.5 Å². The van der Waals surface area contributed by atoms with E-state index < -0.39 is 0 Å². The molecule has 1 saturated heterocycles. The summed E-state index contributed by atoms with van der Waals surface area (Å²) in [6, 6.07) is 8.04. The van der Waals surface area contributed by atoms with Crippen molar-refractivity contribution in [2.45, 2.75) is 38.9 Å². The summed E-state index contributed by atoms with van der Waals surface area (Å²) in [5.41, 5.74) is 0.498. The molecule has 4 nitrogen and oxygen atoms in total. The van der Waals surface area contributed by atoms with E-state index in [9.17, 15) is 0 Å². The van der Waals surface area contributed by atoms with Gasteiger partial charge in [0.15, 0.2) is 0 Å². The van der Waals surface area contributed by atoms with E-state index in [1.54, 1.807) is 0 Å². The molecule has 126 valence electrons. The Morgan fingerprint density at radius 1 is 1.04 bits per heavy atom. The fourth-order valence-electron chi connectivity index (χ4n) is 2.18. The van der Waals surface area contributed by atoms with Gasteiger partial charge >= 0.3 is 7.12 Å². The van der Waals surface area contributed by atoms with E-state index in [1.807, 2.05) is 50.4 Å².